The molecule has 8 heteroatoms. The van der Waals surface area contributed by atoms with Crippen LogP contribution in [-0.4, -0.2) is 29.7 Å². The van der Waals surface area contributed by atoms with Gasteiger partial charge in [-0.3, -0.25) is 0 Å². The Morgan fingerprint density at radius 3 is 2.45 bits per heavy atom. The maximum atomic E-state index is 12.5. The number of ether oxygens (including phenoxy) is 1. The van der Waals surface area contributed by atoms with Crippen LogP contribution < -0.4 is 5.69 Å². The first-order valence-corrected chi connectivity index (χ1v) is 8.03. The van der Waals surface area contributed by atoms with Crippen molar-refractivity contribution in [3.8, 4) is 0 Å². The Morgan fingerprint density at radius 2 is 1.86 bits per heavy atom. The van der Waals surface area contributed by atoms with Crippen molar-refractivity contribution in [1.29, 1.82) is 0 Å². The summed E-state index contributed by atoms with van der Waals surface area (Å²) < 4.78 is 30.8. The van der Waals surface area contributed by atoms with E-state index in [4.69, 9.17) is 4.74 Å². The van der Waals surface area contributed by atoms with Crippen LogP contribution in [0.25, 0.3) is 0 Å². The van der Waals surface area contributed by atoms with Gasteiger partial charge >= 0.3 is 11.8 Å². The van der Waals surface area contributed by atoms with Gasteiger partial charge in [-0.25, -0.2) is 22.6 Å². The first-order valence-electron chi connectivity index (χ1n) is 6.59. The number of aryl methyl sites for hydroxylation is 2. The second kappa shape index (κ2) is 5.80. The highest BCUT2D eigenvalue weighted by Crippen LogP contribution is 2.16. The number of rotatable bonds is 3. The lowest BCUT2D eigenvalue weighted by Crippen LogP contribution is -2.33. The van der Waals surface area contributed by atoms with Gasteiger partial charge in [-0.2, -0.15) is 3.97 Å². The third kappa shape index (κ3) is 2.69. The summed E-state index contributed by atoms with van der Waals surface area (Å²) in [5.41, 5.74) is 0.742. The van der Waals surface area contributed by atoms with Crippen LogP contribution in [0.3, 0.4) is 0 Å². The third-order valence-electron chi connectivity index (χ3n) is 3.25. The third-order valence-corrected chi connectivity index (χ3v) is 4.89. The highest BCUT2D eigenvalue weighted by Gasteiger charge is 2.23. The SMILES string of the molecule is CCOC(=O)n1ccn(S(=O)(=O)c2ccc(C)c(C)c2)c1=O. The molecule has 0 saturated carbocycles. The number of benzene rings is 1. The molecule has 0 aliphatic carbocycles. The van der Waals surface area contributed by atoms with Crippen LogP contribution in [-0.2, 0) is 14.8 Å². The van der Waals surface area contributed by atoms with Gasteiger partial charge in [0, 0.05) is 12.4 Å². The van der Waals surface area contributed by atoms with Crippen LogP contribution in [0.4, 0.5) is 4.79 Å². The zero-order valence-corrected chi connectivity index (χ0v) is 13.3. The fourth-order valence-corrected chi connectivity index (χ4v) is 3.16. The largest absolute Gasteiger partial charge is 0.449 e. The standard InChI is InChI=1S/C14H16N2O5S/c1-4-21-14(18)15-7-8-16(13(15)17)22(19,20)12-6-5-10(2)11(3)9-12/h5-9H,4H2,1-3H3. The fourth-order valence-electron chi connectivity index (χ4n) is 1.86. The van der Waals surface area contributed by atoms with Crippen molar-refractivity contribution in [2.75, 3.05) is 6.61 Å². The zero-order valence-electron chi connectivity index (χ0n) is 12.4. The number of aromatic nitrogens is 2. The molecule has 118 valence electrons. The van der Waals surface area contributed by atoms with Gasteiger partial charge in [0.05, 0.1) is 11.5 Å². The van der Waals surface area contributed by atoms with Crippen LogP contribution in [0.5, 0.6) is 0 Å². The quantitative estimate of drug-likeness (QED) is 0.854. The molecule has 0 fully saturated rings. The molecule has 1 heterocycles. The van der Waals surface area contributed by atoms with Gasteiger partial charge in [0.2, 0.25) is 0 Å². The number of carbonyl (C=O) groups is 1. The van der Waals surface area contributed by atoms with Gasteiger partial charge in [-0.1, -0.05) is 6.07 Å². The van der Waals surface area contributed by atoms with Crippen molar-refractivity contribution in [3.63, 3.8) is 0 Å². The molecule has 22 heavy (non-hydrogen) atoms. The summed E-state index contributed by atoms with van der Waals surface area (Å²) in [4.78, 5) is 23.7. The normalized spacial score (nSPS) is 11.4. The van der Waals surface area contributed by atoms with E-state index in [1.54, 1.807) is 19.9 Å². The van der Waals surface area contributed by atoms with Crippen LogP contribution in [0.1, 0.15) is 18.1 Å². The molecular weight excluding hydrogens is 308 g/mol. The minimum absolute atomic E-state index is 0.0145. The molecule has 7 nitrogen and oxygen atoms in total. The van der Waals surface area contributed by atoms with Crippen molar-refractivity contribution < 1.29 is 17.9 Å². The second-order valence-corrected chi connectivity index (χ2v) is 6.51. The van der Waals surface area contributed by atoms with Gasteiger partial charge in [-0.15, -0.1) is 0 Å². The lowest BCUT2D eigenvalue weighted by atomic mass is 10.1. The molecule has 0 saturated heterocycles. The molecular formula is C14H16N2O5S. The summed E-state index contributed by atoms with van der Waals surface area (Å²) in [7, 11) is -4.06. The first kappa shape index (κ1) is 16.0. The molecule has 1 aromatic carbocycles. The average molecular weight is 324 g/mol. The molecule has 0 bridgehead atoms. The van der Waals surface area contributed by atoms with Crippen molar-refractivity contribution in [2.45, 2.75) is 25.7 Å². The fraction of sp³-hybridized carbons (Fsp3) is 0.286. The molecule has 1 aromatic heterocycles. The van der Waals surface area contributed by atoms with Gasteiger partial charge in [0.1, 0.15) is 0 Å². The molecule has 2 aromatic rings. The molecule has 0 amide bonds. The van der Waals surface area contributed by atoms with E-state index in [1.807, 2.05) is 6.92 Å². The summed E-state index contributed by atoms with van der Waals surface area (Å²) in [6.45, 7) is 5.31. The molecule has 0 aliphatic heterocycles. The van der Waals surface area contributed by atoms with E-state index in [1.165, 1.54) is 12.1 Å². The highest BCUT2D eigenvalue weighted by atomic mass is 32.2. The Morgan fingerprint density at radius 1 is 1.18 bits per heavy atom. The Hall–Kier alpha value is -2.35. The van der Waals surface area contributed by atoms with Crippen molar-refractivity contribution >= 4 is 16.1 Å². The summed E-state index contributed by atoms with van der Waals surface area (Å²) in [5, 5.41) is 0. The summed E-state index contributed by atoms with van der Waals surface area (Å²) >= 11 is 0. The van der Waals surface area contributed by atoms with Gasteiger partial charge in [-0.05, 0) is 44.0 Å². The topological polar surface area (TPSA) is 87.4 Å². The number of imidazole rings is 1. The monoisotopic (exact) mass is 324 g/mol. The molecule has 0 unspecified atom stereocenters. The number of hydrogen-bond acceptors (Lipinski definition) is 5. The number of nitrogens with zero attached hydrogens (tertiary/aromatic N) is 2. The van der Waals surface area contributed by atoms with E-state index in [-0.39, 0.29) is 11.5 Å². The van der Waals surface area contributed by atoms with Crippen LogP contribution >= 0.6 is 0 Å². The molecule has 0 atom stereocenters. The Labute approximate surface area is 127 Å². The van der Waals surface area contributed by atoms with E-state index in [0.29, 0.717) is 8.54 Å². The van der Waals surface area contributed by atoms with E-state index >= 15 is 0 Å². The predicted molar refractivity (Wildman–Crippen MR) is 79.6 cm³/mol. The Bertz CT molecular complexity index is 877. The van der Waals surface area contributed by atoms with Crippen LogP contribution in [0, 0.1) is 13.8 Å². The molecule has 0 radical (unpaired) electrons. The van der Waals surface area contributed by atoms with Crippen molar-refractivity contribution in [1.82, 2.24) is 8.54 Å². The van der Waals surface area contributed by atoms with E-state index in [0.717, 1.165) is 23.5 Å². The van der Waals surface area contributed by atoms with Crippen molar-refractivity contribution in [2.24, 2.45) is 0 Å². The molecule has 0 N–H and O–H groups in total. The summed E-state index contributed by atoms with van der Waals surface area (Å²) in [6.07, 6.45) is 1.18. The number of carbonyl (C=O) groups excluding carboxylic acids is 1. The lowest BCUT2D eigenvalue weighted by molar-refractivity contribution is 0.153. The van der Waals surface area contributed by atoms with E-state index in [2.05, 4.69) is 0 Å². The first-order chi connectivity index (χ1) is 10.3. The highest BCUT2D eigenvalue weighted by molar-refractivity contribution is 7.90. The van der Waals surface area contributed by atoms with Gasteiger partial charge in [0.15, 0.2) is 0 Å². The lowest BCUT2D eigenvalue weighted by Gasteiger charge is -2.07. The van der Waals surface area contributed by atoms with Crippen LogP contribution in [0.15, 0.2) is 40.3 Å². The van der Waals surface area contributed by atoms with Crippen molar-refractivity contribution in [3.05, 3.63) is 52.2 Å². The molecule has 0 spiro atoms. The smallest absolute Gasteiger partial charge is 0.422 e. The minimum atomic E-state index is -4.06. The zero-order chi connectivity index (χ0) is 16.5. The van der Waals surface area contributed by atoms with Gasteiger partial charge < -0.3 is 4.74 Å². The Balaban J connectivity index is 2.53. The second-order valence-electron chi connectivity index (χ2n) is 4.70. The average Bonchev–Trinajstić information content (AvgIpc) is 2.84. The summed E-state index contributed by atoms with van der Waals surface area (Å²) in [6, 6.07) is 4.57. The minimum Gasteiger partial charge on any atom is -0.449 e. The Kier molecular flexibility index (Phi) is 4.23. The number of hydrogen-bond donors (Lipinski definition) is 0. The maximum absolute atomic E-state index is 12.5. The molecule has 2 rings (SSSR count). The predicted octanol–water partition coefficient (Wildman–Crippen LogP) is 1.51. The maximum Gasteiger partial charge on any atom is 0.422 e. The van der Waals surface area contributed by atoms with E-state index in [9.17, 15) is 18.0 Å². The van der Waals surface area contributed by atoms with Crippen LogP contribution in [0.2, 0.25) is 0 Å². The van der Waals surface area contributed by atoms with E-state index < -0.39 is 21.8 Å². The molecule has 0 aliphatic rings. The summed E-state index contributed by atoms with van der Waals surface area (Å²) in [5.74, 6) is 0. The van der Waals surface area contributed by atoms with Gasteiger partial charge in [0.25, 0.3) is 10.0 Å².